The summed E-state index contributed by atoms with van der Waals surface area (Å²) in [7, 11) is 1.20. The smallest absolute Gasteiger partial charge is 0.355 e. The lowest BCUT2D eigenvalue weighted by Crippen LogP contribution is -2.46. The van der Waals surface area contributed by atoms with Gasteiger partial charge in [-0.05, 0) is 25.8 Å². The molecule has 4 rings (SSSR count). The molecule has 1 fully saturated rings. The maximum atomic E-state index is 12.7. The molecule has 3 aromatic rings. The summed E-state index contributed by atoms with van der Waals surface area (Å²) in [4.78, 5) is 31.8. The number of piperidine rings is 1. The highest BCUT2D eigenvalue weighted by molar-refractivity contribution is 6.09. The number of alkyl halides is 3. The summed E-state index contributed by atoms with van der Waals surface area (Å²) in [5.74, 6) is 0.397. The summed E-state index contributed by atoms with van der Waals surface area (Å²) < 4.78 is 38.0. The Hall–Kier alpha value is -2.91. The predicted molar refractivity (Wildman–Crippen MR) is 103 cm³/mol. The first-order valence-corrected chi connectivity index (χ1v) is 9.39. The predicted octanol–water partition coefficient (Wildman–Crippen LogP) is 3.05. The van der Waals surface area contributed by atoms with Gasteiger partial charge in [-0.2, -0.15) is 13.2 Å². The number of hydrogen-bond donors (Lipinski definition) is 1. The summed E-state index contributed by atoms with van der Waals surface area (Å²) in [5, 5.41) is 1.71. The van der Waals surface area contributed by atoms with E-state index in [-0.39, 0.29) is 0 Å². The van der Waals surface area contributed by atoms with E-state index in [1.807, 2.05) is 17.9 Å². The minimum Gasteiger partial charge on any atom is -0.355 e. The van der Waals surface area contributed by atoms with Gasteiger partial charge in [-0.1, -0.05) is 0 Å². The summed E-state index contributed by atoms with van der Waals surface area (Å²) in [6, 6.07) is 1.86. The Bertz CT molecular complexity index is 1060. The number of aryl methyl sites for hydroxylation is 1. The number of aromatic nitrogens is 4. The van der Waals surface area contributed by atoms with Gasteiger partial charge in [0.15, 0.2) is 5.65 Å². The van der Waals surface area contributed by atoms with Gasteiger partial charge in [-0.3, -0.25) is 4.79 Å². The molecule has 0 saturated carbocycles. The molecule has 1 aliphatic heterocycles. The summed E-state index contributed by atoms with van der Waals surface area (Å²) >= 11 is 0. The molecule has 29 heavy (non-hydrogen) atoms. The first-order chi connectivity index (χ1) is 13.7. The van der Waals surface area contributed by atoms with Gasteiger partial charge in [0, 0.05) is 31.7 Å². The van der Waals surface area contributed by atoms with Crippen LogP contribution in [0.2, 0.25) is 0 Å². The van der Waals surface area contributed by atoms with Crippen molar-refractivity contribution in [3.63, 3.8) is 0 Å². The van der Waals surface area contributed by atoms with Crippen LogP contribution in [0.1, 0.15) is 18.7 Å². The van der Waals surface area contributed by atoms with Crippen molar-refractivity contribution in [2.24, 2.45) is 5.92 Å². The molecule has 3 aromatic heterocycles. The SMILES string of the molecule is Cc1nc(N2CCCC(C(=O)N(C)CC(F)(F)F)C2)c2c(cnc3nccc32)[nH]1. The Kier molecular flexibility index (Phi) is 4.79. The number of aromatic amines is 1. The molecule has 4 heterocycles. The van der Waals surface area contributed by atoms with E-state index in [4.69, 9.17) is 0 Å². The van der Waals surface area contributed by atoms with E-state index < -0.39 is 24.5 Å². The second-order valence-corrected chi connectivity index (χ2v) is 7.47. The van der Waals surface area contributed by atoms with Gasteiger partial charge < -0.3 is 14.8 Å². The number of anilines is 1. The Morgan fingerprint density at radius 2 is 2.17 bits per heavy atom. The lowest BCUT2D eigenvalue weighted by atomic mass is 9.96. The number of amides is 1. The largest absolute Gasteiger partial charge is 0.406 e. The molecule has 1 amide bonds. The average molecular weight is 406 g/mol. The van der Waals surface area contributed by atoms with Crippen molar-refractivity contribution in [1.29, 1.82) is 0 Å². The molecular weight excluding hydrogens is 385 g/mol. The number of hydrogen-bond acceptors (Lipinski definition) is 5. The third kappa shape index (κ3) is 3.83. The van der Waals surface area contributed by atoms with Gasteiger partial charge in [0.25, 0.3) is 0 Å². The lowest BCUT2D eigenvalue weighted by molar-refractivity contribution is -0.161. The third-order valence-corrected chi connectivity index (χ3v) is 5.21. The Balaban J connectivity index is 1.67. The van der Waals surface area contributed by atoms with E-state index in [1.165, 1.54) is 7.05 Å². The summed E-state index contributed by atoms with van der Waals surface area (Å²) in [5.41, 5.74) is 1.41. The number of rotatable bonds is 3. The van der Waals surface area contributed by atoms with Crippen LogP contribution in [0.4, 0.5) is 19.0 Å². The fourth-order valence-electron chi connectivity index (χ4n) is 3.99. The number of nitrogens with one attached hydrogen (secondary N) is 1. The van der Waals surface area contributed by atoms with Gasteiger partial charge in [0.05, 0.1) is 23.0 Å². The van der Waals surface area contributed by atoms with E-state index in [0.29, 0.717) is 43.2 Å². The molecule has 0 radical (unpaired) electrons. The highest BCUT2D eigenvalue weighted by Gasteiger charge is 2.35. The standard InChI is InChI=1S/C19H21F3N6O/c1-11-25-14-8-24-16-13(5-6-23-16)15(14)17(26-11)28-7-3-4-12(9-28)18(29)27(2)10-19(20,21)22/h5-6,8,12H,3-4,7,9-10H2,1-2H3,(H,25,26). The van der Waals surface area contributed by atoms with E-state index in [1.54, 1.807) is 12.4 Å². The zero-order valence-corrected chi connectivity index (χ0v) is 16.1. The second kappa shape index (κ2) is 7.16. The molecule has 1 unspecified atom stereocenters. The van der Waals surface area contributed by atoms with Crippen molar-refractivity contribution in [3.8, 4) is 0 Å². The van der Waals surface area contributed by atoms with E-state index in [2.05, 4.69) is 19.9 Å². The number of carbonyl (C=O) groups excluding carboxylic acids is 1. The molecule has 1 saturated heterocycles. The number of nitrogens with zero attached hydrogens (tertiary/aromatic N) is 5. The minimum atomic E-state index is -4.41. The molecule has 0 aromatic carbocycles. The number of halogens is 3. The fourth-order valence-corrected chi connectivity index (χ4v) is 3.99. The first kappa shape index (κ1) is 19.4. The van der Waals surface area contributed by atoms with E-state index >= 15 is 0 Å². The van der Waals surface area contributed by atoms with Gasteiger partial charge in [-0.15, -0.1) is 0 Å². The number of H-pyrrole nitrogens is 1. The van der Waals surface area contributed by atoms with Crippen LogP contribution in [0.15, 0.2) is 18.5 Å². The maximum absolute atomic E-state index is 12.7. The molecule has 1 N–H and O–H groups in total. The van der Waals surface area contributed by atoms with Crippen LogP contribution < -0.4 is 4.90 Å². The molecule has 10 heteroatoms. The van der Waals surface area contributed by atoms with Gasteiger partial charge in [0.2, 0.25) is 5.91 Å². The van der Waals surface area contributed by atoms with Crippen molar-refractivity contribution in [3.05, 3.63) is 24.3 Å². The maximum Gasteiger partial charge on any atom is 0.406 e. The number of carbonyl (C=O) groups is 1. The molecule has 7 nitrogen and oxygen atoms in total. The summed E-state index contributed by atoms with van der Waals surface area (Å²) in [6.07, 6.45) is 0.223. The topological polar surface area (TPSA) is 78.0 Å². The molecule has 0 bridgehead atoms. The highest BCUT2D eigenvalue weighted by atomic mass is 19.4. The number of fused-ring (bicyclic) bond motifs is 3. The van der Waals surface area contributed by atoms with Gasteiger partial charge in [-0.25, -0.2) is 15.0 Å². The van der Waals surface area contributed by atoms with Gasteiger partial charge >= 0.3 is 6.18 Å². The second-order valence-electron chi connectivity index (χ2n) is 7.47. The molecule has 0 aliphatic carbocycles. The van der Waals surface area contributed by atoms with Crippen molar-refractivity contribution in [2.45, 2.75) is 25.9 Å². The molecular formula is C19H21F3N6O. The highest BCUT2D eigenvalue weighted by Crippen LogP contribution is 2.33. The van der Waals surface area contributed by atoms with Crippen LogP contribution >= 0.6 is 0 Å². The summed E-state index contributed by atoms with van der Waals surface area (Å²) in [6.45, 7) is 1.59. The van der Waals surface area contributed by atoms with E-state index in [0.717, 1.165) is 21.2 Å². The normalized spacial score (nSPS) is 17.8. The molecule has 1 atom stereocenters. The third-order valence-electron chi connectivity index (χ3n) is 5.21. The van der Waals surface area contributed by atoms with E-state index in [9.17, 15) is 18.0 Å². The van der Waals surface area contributed by atoms with Crippen molar-refractivity contribution in [2.75, 3.05) is 31.6 Å². The fraction of sp³-hybridized carbons (Fsp3) is 0.474. The van der Waals surface area contributed by atoms with Crippen LogP contribution in [0, 0.1) is 12.8 Å². The first-order valence-electron chi connectivity index (χ1n) is 9.39. The molecule has 1 aliphatic rings. The zero-order valence-electron chi connectivity index (χ0n) is 16.1. The Morgan fingerprint density at radius 3 is 2.93 bits per heavy atom. The lowest BCUT2D eigenvalue weighted by Gasteiger charge is -2.35. The van der Waals surface area contributed by atoms with Crippen molar-refractivity contribution >= 4 is 33.7 Å². The van der Waals surface area contributed by atoms with Crippen LogP contribution in [-0.2, 0) is 4.79 Å². The minimum absolute atomic E-state index is 0.324. The van der Waals surface area contributed by atoms with Crippen LogP contribution in [0.25, 0.3) is 21.9 Å². The van der Waals surface area contributed by atoms with Crippen LogP contribution in [0.5, 0.6) is 0 Å². The van der Waals surface area contributed by atoms with Crippen LogP contribution in [-0.4, -0.2) is 63.6 Å². The van der Waals surface area contributed by atoms with Crippen molar-refractivity contribution < 1.29 is 18.0 Å². The Morgan fingerprint density at radius 1 is 1.38 bits per heavy atom. The monoisotopic (exact) mass is 406 g/mol. The van der Waals surface area contributed by atoms with Crippen LogP contribution in [0.3, 0.4) is 0 Å². The molecule has 154 valence electrons. The van der Waals surface area contributed by atoms with Crippen molar-refractivity contribution in [1.82, 2.24) is 24.8 Å². The molecule has 0 spiro atoms. The van der Waals surface area contributed by atoms with Gasteiger partial charge in [0.1, 0.15) is 18.2 Å². The number of pyridine rings is 1. The zero-order chi connectivity index (χ0) is 20.8. The Labute approximate surface area is 164 Å². The quantitative estimate of drug-likeness (QED) is 0.723. The average Bonchev–Trinajstić information content (AvgIpc) is 3.14.